The van der Waals surface area contributed by atoms with Crippen molar-refractivity contribution in [2.45, 2.75) is 19.9 Å². The van der Waals surface area contributed by atoms with E-state index in [1.54, 1.807) is 12.3 Å². The molecule has 1 aliphatic heterocycles. The summed E-state index contributed by atoms with van der Waals surface area (Å²) in [7, 11) is -2.91. The predicted molar refractivity (Wildman–Crippen MR) is 83.8 cm³/mol. The van der Waals surface area contributed by atoms with E-state index in [-0.39, 0.29) is 17.5 Å². The van der Waals surface area contributed by atoms with Crippen molar-refractivity contribution >= 4 is 38.2 Å². The molecule has 0 bridgehead atoms. The van der Waals surface area contributed by atoms with Gasteiger partial charge >= 0.3 is 0 Å². The average molecular weight is 329 g/mol. The molecule has 6 nitrogen and oxygen atoms in total. The Hall–Kier alpha value is -1.34. The third kappa shape index (κ3) is 2.72. The number of rotatable bonds is 2. The van der Waals surface area contributed by atoms with Crippen molar-refractivity contribution in [3.8, 4) is 0 Å². The highest BCUT2D eigenvalue weighted by atomic mass is 35.5. The minimum Gasteiger partial charge on any atom is -0.353 e. The molecule has 0 amide bonds. The molecule has 8 heteroatoms. The van der Waals surface area contributed by atoms with Crippen molar-refractivity contribution in [3.63, 3.8) is 0 Å². The molecule has 1 aliphatic rings. The Labute approximate surface area is 128 Å². The van der Waals surface area contributed by atoms with E-state index in [1.807, 2.05) is 23.4 Å². The summed E-state index contributed by atoms with van der Waals surface area (Å²) in [6.45, 7) is 5.03. The topological polar surface area (TPSA) is 68.1 Å². The Morgan fingerprint density at radius 1 is 1.29 bits per heavy atom. The van der Waals surface area contributed by atoms with E-state index in [0.717, 1.165) is 16.7 Å². The number of nitrogens with zero attached hydrogens (tertiary/aromatic N) is 4. The largest absolute Gasteiger partial charge is 0.353 e. The zero-order chi connectivity index (χ0) is 15.2. The van der Waals surface area contributed by atoms with E-state index < -0.39 is 9.84 Å². The molecular formula is C13H17ClN4O2S. The maximum Gasteiger partial charge on any atom is 0.160 e. The first-order valence-corrected chi connectivity index (χ1v) is 9.06. The van der Waals surface area contributed by atoms with Gasteiger partial charge in [-0.15, -0.1) is 0 Å². The smallest absolute Gasteiger partial charge is 0.160 e. The van der Waals surface area contributed by atoms with Crippen molar-refractivity contribution in [1.29, 1.82) is 0 Å². The molecule has 0 N–H and O–H groups in total. The van der Waals surface area contributed by atoms with Crippen LogP contribution in [0.3, 0.4) is 0 Å². The Morgan fingerprint density at radius 3 is 2.57 bits per heavy atom. The summed E-state index contributed by atoms with van der Waals surface area (Å²) in [5.74, 6) is 1.13. The van der Waals surface area contributed by atoms with E-state index in [4.69, 9.17) is 11.6 Å². The number of halogens is 1. The maximum absolute atomic E-state index is 11.6. The second kappa shape index (κ2) is 5.14. The van der Waals surface area contributed by atoms with Gasteiger partial charge in [0.25, 0.3) is 0 Å². The molecule has 3 heterocycles. The van der Waals surface area contributed by atoms with Crippen LogP contribution >= 0.6 is 11.6 Å². The summed E-state index contributed by atoms with van der Waals surface area (Å²) in [4.78, 5) is 6.14. The van der Waals surface area contributed by atoms with Crippen molar-refractivity contribution < 1.29 is 8.42 Å². The summed E-state index contributed by atoms with van der Waals surface area (Å²) in [6.07, 6.45) is 1.71. The van der Waals surface area contributed by atoms with Crippen LogP contribution in [-0.4, -0.2) is 47.8 Å². The van der Waals surface area contributed by atoms with Crippen molar-refractivity contribution in [3.05, 3.63) is 17.4 Å². The fourth-order valence-corrected chi connectivity index (χ4v) is 3.90. The van der Waals surface area contributed by atoms with Crippen LogP contribution in [0, 0.1) is 0 Å². The fourth-order valence-electron chi connectivity index (χ4n) is 2.54. The van der Waals surface area contributed by atoms with E-state index >= 15 is 0 Å². The van der Waals surface area contributed by atoms with E-state index in [2.05, 4.69) is 10.1 Å². The van der Waals surface area contributed by atoms with Crippen LogP contribution in [0.2, 0.25) is 5.15 Å². The van der Waals surface area contributed by atoms with Gasteiger partial charge in [0, 0.05) is 31.4 Å². The second-order valence-corrected chi connectivity index (χ2v) is 8.22. The molecule has 1 fully saturated rings. The lowest BCUT2D eigenvalue weighted by Gasteiger charge is -2.26. The SMILES string of the molecule is CC(C)n1nc(N2CCS(=O)(=O)CC2)c2cnc(Cl)cc21. The third-order valence-electron chi connectivity index (χ3n) is 3.67. The first-order chi connectivity index (χ1) is 9.87. The van der Waals surface area contributed by atoms with Gasteiger partial charge in [0.1, 0.15) is 5.15 Å². The molecule has 0 radical (unpaired) electrons. The maximum atomic E-state index is 11.6. The van der Waals surface area contributed by atoms with Crippen LogP contribution in [0.25, 0.3) is 10.9 Å². The van der Waals surface area contributed by atoms with Crippen LogP contribution in [0.5, 0.6) is 0 Å². The van der Waals surface area contributed by atoms with Gasteiger partial charge in [-0.3, -0.25) is 4.68 Å². The molecule has 0 atom stereocenters. The van der Waals surface area contributed by atoms with Crippen LogP contribution in [0.15, 0.2) is 12.3 Å². The first-order valence-electron chi connectivity index (χ1n) is 6.86. The summed E-state index contributed by atoms with van der Waals surface area (Å²) in [5.41, 5.74) is 0.924. The normalized spacial score (nSPS) is 18.6. The van der Waals surface area contributed by atoms with Gasteiger partial charge in [0.15, 0.2) is 15.7 Å². The average Bonchev–Trinajstić information content (AvgIpc) is 2.77. The Kier molecular flexibility index (Phi) is 3.57. The zero-order valence-electron chi connectivity index (χ0n) is 12.0. The summed E-state index contributed by atoms with van der Waals surface area (Å²) < 4.78 is 25.0. The number of aromatic nitrogens is 3. The van der Waals surface area contributed by atoms with E-state index in [1.165, 1.54) is 0 Å². The Balaban J connectivity index is 2.07. The summed E-state index contributed by atoms with van der Waals surface area (Å²) in [5, 5.41) is 5.99. The molecule has 0 unspecified atom stereocenters. The highest BCUT2D eigenvalue weighted by Crippen LogP contribution is 2.30. The quantitative estimate of drug-likeness (QED) is 0.788. The number of anilines is 1. The molecule has 0 aromatic carbocycles. The zero-order valence-corrected chi connectivity index (χ0v) is 13.5. The molecular weight excluding hydrogens is 312 g/mol. The van der Waals surface area contributed by atoms with Gasteiger partial charge in [-0.05, 0) is 13.8 Å². The molecule has 0 spiro atoms. The van der Waals surface area contributed by atoms with Crippen molar-refractivity contribution in [2.24, 2.45) is 0 Å². The lowest BCUT2D eigenvalue weighted by molar-refractivity contribution is 0.547. The minimum atomic E-state index is -2.91. The highest BCUT2D eigenvalue weighted by Gasteiger charge is 2.25. The van der Waals surface area contributed by atoms with E-state index in [9.17, 15) is 8.42 Å². The molecule has 114 valence electrons. The molecule has 0 saturated carbocycles. The van der Waals surface area contributed by atoms with Gasteiger partial charge in [-0.1, -0.05) is 11.6 Å². The van der Waals surface area contributed by atoms with Gasteiger partial charge in [-0.25, -0.2) is 13.4 Å². The number of hydrogen-bond donors (Lipinski definition) is 0. The lowest BCUT2D eigenvalue weighted by Crippen LogP contribution is -2.40. The van der Waals surface area contributed by atoms with Crippen LogP contribution in [-0.2, 0) is 9.84 Å². The Bertz CT molecular complexity index is 771. The third-order valence-corrected chi connectivity index (χ3v) is 5.49. The summed E-state index contributed by atoms with van der Waals surface area (Å²) >= 11 is 5.98. The van der Waals surface area contributed by atoms with Crippen molar-refractivity contribution in [1.82, 2.24) is 14.8 Å². The number of hydrogen-bond acceptors (Lipinski definition) is 5. The molecule has 21 heavy (non-hydrogen) atoms. The second-order valence-electron chi connectivity index (χ2n) is 5.52. The highest BCUT2D eigenvalue weighted by molar-refractivity contribution is 7.91. The standard InChI is InChI=1S/C13H17ClN4O2S/c1-9(2)18-11-7-12(14)15-8-10(11)13(16-18)17-3-5-21(19,20)6-4-17/h7-9H,3-6H2,1-2H3. The molecule has 0 aliphatic carbocycles. The number of pyridine rings is 1. The predicted octanol–water partition coefficient (Wildman–Crippen LogP) is 1.90. The molecule has 3 rings (SSSR count). The van der Waals surface area contributed by atoms with Gasteiger partial charge in [0.05, 0.1) is 22.4 Å². The number of fused-ring (bicyclic) bond motifs is 1. The molecule has 1 saturated heterocycles. The first kappa shape index (κ1) is 14.6. The summed E-state index contributed by atoms with van der Waals surface area (Å²) in [6, 6.07) is 1.99. The monoisotopic (exact) mass is 328 g/mol. The van der Waals surface area contributed by atoms with Crippen LogP contribution in [0.4, 0.5) is 5.82 Å². The minimum absolute atomic E-state index is 0.171. The van der Waals surface area contributed by atoms with Crippen molar-refractivity contribution in [2.75, 3.05) is 29.5 Å². The molecule has 2 aromatic heterocycles. The van der Waals surface area contributed by atoms with Gasteiger partial charge < -0.3 is 4.90 Å². The van der Waals surface area contributed by atoms with E-state index in [0.29, 0.717) is 18.2 Å². The van der Waals surface area contributed by atoms with Crippen LogP contribution < -0.4 is 4.90 Å². The molecule has 2 aromatic rings. The van der Waals surface area contributed by atoms with Gasteiger partial charge in [0.2, 0.25) is 0 Å². The van der Waals surface area contributed by atoms with Crippen LogP contribution in [0.1, 0.15) is 19.9 Å². The fraction of sp³-hybridized carbons (Fsp3) is 0.538. The Morgan fingerprint density at radius 2 is 1.95 bits per heavy atom. The lowest BCUT2D eigenvalue weighted by atomic mass is 10.3. The van der Waals surface area contributed by atoms with Gasteiger partial charge in [-0.2, -0.15) is 5.10 Å². The number of sulfone groups is 1.